The quantitative estimate of drug-likeness (QED) is 0.671. The Morgan fingerprint density at radius 1 is 1.08 bits per heavy atom. The molecule has 1 N–H and O–H groups in total. The summed E-state index contributed by atoms with van der Waals surface area (Å²) in [4.78, 5) is 13.9. The van der Waals surface area contributed by atoms with Gasteiger partial charge >= 0.3 is 0 Å². The Hall–Kier alpha value is -1.74. The number of aryl methyl sites for hydroxylation is 3. The molecule has 2 aromatic rings. The van der Waals surface area contributed by atoms with Crippen molar-refractivity contribution in [2.45, 2.75) is 69.1 Å². The summed E-state index contributed by atoms with van der Waals surface area (Å²) in [6.07, 6.45) is 5.86. The van der Waals surface area contributed by atoms with Crippen molar-refractivity contribution in [1.29, 1.82) is 0 Å². The predicted octanol–water partition coefficient (Wildman–Crippen LogP) is 5.62. The molecule has 1 aliphatic carbocycles. The Kier molecular flexibility index (Phi) is 6.42. The van der Waals surface area contributed by atoms with Crippen molar-refractivity contribution >= 4 is 17.7 Å². The molecule has 0 spiro atoms. The Morgan fingerprint density at radius 3 is 2.46 bits per heavy atom. The molecule has 0 aliphatic heterocycles. The van der Waals surface area contributed by atoms with Gasteiger partial charge in [0.05, 0.1) is 11.3 Å². The molecule has 0 saturated heterocycles. The van der Waals surface area contributed by atoms with E-state index in [1.54, 1.807) is 11.8 Å². The van der Waals surface area contributed by atoms with Gasteiger partial charge in [-0.25, -0.2) is 0 Å². The lowest BCUT2D eigenvalue weighted by atomic mass is 9.89. The van der Waals surface area contributed by atoms with Crippen LogP contribution in [0.2, 0.25) is 0 Å². The van der Waals surface area contributed by atoms with E-state index in [0.717, 1.165) is 11.3 Å². The molecule has 3 rings (SSSR count). The third-order valence-electron chi connectivity index (χ3n) is 5.20. The van der Waals surface area contributed by atoms with Crippen molar-refractivity contribution in [2.75, 3.05) is 0 Å². The standard InChI is InChI=1S/C23H29NOS/c1-4-22(20-12-11-18-7-5-6-8-19(18)15-20)24-23(25)17(3)26-21-13-9-16(2)10-14-21/h9-15,17,22H,4-8H2,1-3H3,(H,24,25)/t17-,22+/m1/s1. The molecule has 138 valence electrons. The number of nitrogens with one attached hydrogen (secondary N) is 1. The Morgan fingerprint density at radius 2 is 1.77 bits per heavy atom. The van der Waals surface area contributed by atoms with Gasteiger partial charge in [-0.15, -0.1) is 11.8 Å². The van der Waals surface area contributed by atoms with Gasteiger partial charge in [0.15, 0.2) is 0 Å². The lowest BCUT2D eigenvalue weighted by Gasteiger charge is -2.23. The topological polar surface area (TPSA) is 29.1 Å². The van der Waals surface area contributed by atoms with Gasteiger partial charge in [-0.1, -0.05) is 42.8 Å². The van der Waals surface area contributed by atoms with E-state index < -0.39 is 0 Å². The normalized spacial score (nSPS) is 15.8. The summed E-state index contributed by atoms with van der Waals surface area (Å²) in [5.41, 5.74) is 5.45. The summed E-state index contributed by atoms with van der Waals surface area (Å²) < 4.78 is 0. The number of thioether (sulfide) groups is 1. The molecular formula is C23H29NOS. The molecular weight excluding hydrogens is 338 g/mol. The zero-order chi connectivity index (χ0) is 18.5. The minimum Gasteiger partial charge on any atom is -0.348 e. The molecule has 26 heavy (non-hydrogen) atoms. The maximum atomic E-state index is 12.7. The Labute approximate surface area is 161 Å². The number of rotatable bonds is 6. The van der Waals surface area contributed by atoms with Crippen LogP contribution in [0, 0.1) is 6.92 Å². The van der Waals surface area contributed by atoms with E-state index in [1.807, 2.05) is 6.92 Å². The number of fused-ring (bicyclic) bond motifs is 1. The van der Waals surface area contributed by atoms with Gasteiger partial charge in [-0.2, -0.15) is 0 Å². The second kappa shape index (κ2) is 8.77. The summed E-state index contributed by atoms with van der Waals surface area (Å²) >= 11 is 1.62. The van der Waals surface area contributed by atoms with Crippen LogP contribution in [0.15, 0.2) is 47.4 Å². The number of hydrogen-bond acceptors (Lipinski definition) is 2. The van der Waals surface area contributed by atoms with E-state index >= 15 is 0 Å². The molecule has 0 bridgehead atoms. The highest BCUT2D eigenvalue weighted by molar-refractivity contribution is 8.00. The molecule has 0 saturated carbocycles. The molecule has 2 aromatic carbocycles. The van der Waals surface area contributed by atoms with Gasteiger partial charge in [0.1, 0.15) is 0 Å². The van der Waals surface area contributed by atoms with Crippen molar-refractivity contribution < 1.29 is 4.79 Å². The molecule has 0 unspecified atom stereocenters. The first-order valence-electron chi connectivity index (χ1n) is 9.72. The number of hydrogen-bond donors (Lipinski definition) is 1. The highest BCUT2D eigenvalue weighted by atomic mass is 32.2. The molecule has 3 heteroatoms. The average molecular weight is 368 g/mol. The minimum atomic E-state index is -0.107. The number of amides is 1. The second-order valence-electron chi connectivity index (χ2n) is 7.28. The third kappa shape index (κ3) is 4.70. The fourth-order valence-electron chi connectivity index (χ4n) is 3.55. The van der Waals surface area contributed by atoms with E-state index in [2.05, 4.69) is 61.6 Å². The molecule has 1 amide bonds. The summed E-state index contributed by atoms with van der Waals surface area (Å²) in [6.45, 7) is 6.20. The Bertz CT molecular complexity index is 753. The predicted molar refractivity (Wildman–Crippen MR) is 111 cm³/mol. The van der Waals surface area contributed by atoms with Crippen LogP contribution in [-0.2, 0) is 17.6 Å². The van der Waals surface area contributed by atoms with Crippen LogP contribution in [0.4, 0.5) is 0 Å². The fourth-order valence-corrected chi connectivity index (χ4v) is 4.43. The van der Waals surface area contributed by atoms with Crippen LogP contribution in [0.5, 0.6) is 0 Å². The van der Waals surface area contributed by atoms with Crippen LogP contribution in [0.25, 0.3) is 0 Å². The van der Waals surface area contributed by atoms with E-state index in [1.165, 1.54) is 47.9 Å². The Balaban J connectivity index is 1.65. The van der Waals surface area contributed by atoms with Crippen LogP contribution in [0.3, 0.4) is 0 Å². The summed E-state index contributed by atoms with van der Waals surface area (Å²) in [5.74, 6) is 0.111. The number of carbonyl (C=O) groups is 1. The first-order valence-corrected chi connectivity index (χ1v) is 10.6. The van der Waals surface area contributed by atoms with E-state index in [4.69, 9.17) is 0 Å². The van der Waals surface area contributed by atoms with Crippen molar-refractivity contribution in [3.05, 3.63) is 64.7 Å². The van der Waals surface area contributed by atoms with Crippen LogP contribution in [-0.4, -0.2) is 11.2 Å². The highest BCUT2D eigenvalue weighted by Crippen LogP contribution is 2.28. The zero-order valence-corrected chi connectivity index (χ0v) is 16.9. The maximum Gasteiger partial charge on any atom is 0.233 e. The fraction of sp³-hybridized carbons (Fsp3) is 0.435. The molecule has 0 aromatic heterocycles. The average Bonchev–Trinajstić information content (AvgIpc) is 2.67. The summed E-state index contributed by atoms with van der Waals surface area (Å²) in [7, 11) is 0. The van der Waals surface area contributed by atoms with Crippen molar-refractivity contribution in [2.24, 2.45) is 0 Å². The summed E-state index contributed by atoms with van der Waals surface area (Å²) in [6, 6.07) is 15.2. The number of carbonyl (C=O) groups excluding carboxylic acids is 1. The largest absolute Gasteiger partial charge is 0.348 e. The molecule has 0 fully saturated rings. The molecule has 1 aliphatic rings. The summed E-state index contributed by atoms with van der Waals surface area (Å²) in [5, 5.41) is 3.15. The van der Waals surface area contributed by atoms with Crippen LogP contribution < -0.4 is 5.32 Å². The van der Waals surface area contributed by atoms with Gasteiger partial charge in [-0.05, 0) is 74.8 Å². The van der Waals surface area contributed by atoms with Crippen LogP contribution >= 0.6 is 11.8 Å². The second-order valence-corrected chi connectivity index (χ2v) is 8.69. The van der Waals surface area contributed by atoms with Crippen molar-refractivity contribution in [1.82, 2.24) is 5.32 Å². The van der Waals surface area contributed by atoms with Crippen LogP contribution in [0.1, 0.15) is 61.4 Å². The lowest BCUT2D eigenvalue weighted by molar-refractivity contribution is -0.121. The molecule has 2 nitrogen and oxygen atoms in total. The van der Waals surface area contributed by atoms with Gasteiger partial charge in [-0.3, -0.25) is 4.79 Å². The van der Waals surface area contributed by atoms with E-state index in [9.17, 15) is 4.79 Å². The SMILES string of the molecule is CC[C@H](NC(=O)[C@@H](C)Sc1ccc(C)cc1)c1ccc2c(c1)CCCC2. The third-order valence-corrected chi connectivity index (χ3v) is 6.31. The van der Waals surface area contributed by atoms with Gasteiger partial charge in [0.25, 0.3) is 0 Å². The van der Waals surface area contributed by atoms with Crippen molar-refractivity contribution in [3.63, 3.8) is 0 Å². The first kappa shape index (κ1) is 19.0. The van der Waals surface area contributed by atoms with E-state index in [-0.39, 0.29) is 17.2 Å². The first-order chi connectivity index (χ1) is 12.6. The van der Waals surface area contributed by atoms with E-state index in [0.29, 0.717) is 0 Å². The maximum absolute atomic E-state index is 12.7. The lowest BCUT2D eigenvalue weighted by Crippen LogP contribution is -2.34. The minimum absolute atomic E-state index is 0.0933. The van der Waals surface area contributed by atoms with Crippen molar-refractivity contribution in [3.8, 4) is 0 Å². The van der Waals surface area contributed by atoms with Gasteiger partial charge in [0, 0.05) is 4.90 Å². The monoisotopic (exact) mass is 367 g/mol. The molecule has 0 radical (unpaired) electrons. The van der Waals surface area contributed by atoms with Gasteiger partial charge in [0.2, 0.25) is 5.91 Å². The zero-order valence-electron chi connectivity index (χ0n) is 16.0. The molecule has 2 atom stereocenters. The highest BCUT2D eigenvalue weighted by Gasteiger charge is 2.20. The molecule has 0 heterocycles. The van der Waals surface area contributed by atoms with Gasteiger partial charge < -0.3 is 5.32 Å². The number of benzene rings is 2. The smallest absolute Gasteiger partial charge is 0.233 e.